The summed E-state index contributed by atoms with van der Waals surface area (Å²) in [5.74, 6) is 0. The lowest BCUT2D eigenvalue weighted by Crippen LogP contribution is -2.13. The van der Waals surface area contributed by atoms with Crippen LogP contribution in [0, 0.1) is 10.1 Å². The van der Waals surface area contributed by atoms with Crippen LogP contribution in [0.15, 0.2) is 54.6 Å². The van der Waals surface area contributed by atoms with Gasteiger partial charge in [0, 0.05) is 17.8 Å². The normalized spacial score (nSPS) is 10.5. The number of amides is 1. The van der Waals surface area contributed by atoms with E-state index in [9.17, 15) is 14.9 Å². The number of carbonyl (C=O) groups is 1. The first-order valence-electron chi connectivity index (χ1n) is 7.13. The Morgan fingerprint density at radius 1 is 1.25 bits per heavy atom. The maximum atomic E-state index is 11.8. The fraction of sp³-hybridized carbons (Fsp3) is 0.118. The Morgan fingerprint density at radius 2 is 2.00 bits per heavy atom. The fourth-order valence-electron chi connectivity index (χ4n) is 1.93. The number of hydrogen-bond donors (Lipinski definition) is 2. The quantitative estimate of drug-likeness (QED) is 0.625. The minimum absolute atomic E-state index is 0.00787. The molecule has 0 bridgehead atoms. The van der Waals surface area contributed by atoms with Crippen molar-refractivity contribution >= 4 is 23.5 Å². The predicted octanol–water partition coefficient (Wildman–Crippen LogP) is 3.35. The van der Waals surface area contributed by atoms with Crippen LogP contribution >= 0.6 is 0 Å². The summed E-state index contributed by atoms with van der Waals surface area (Å²) in [5, 5.41) is 21.9. The minimum atomic E-state index is -0.628. The van der Waals surface area contributed by atoms with Crippen LogP contribution in [0.25, 0.3) is 6.08 Å². The van der Waals surface area contributed by atoms with E-state index in [1.165, 1.54) is 24.3 Å². The van der Waals surface area contributed by atoms with Gasteiger partial charge in [-0.3, -0.25) is 15.4 Å². The number of benzene rings is 2. The second kappa shape index (κ2) is 8.44. The molecule has 0 spiro atoms. The third-order valence-corrected chi connectivity index (χ3v) is 3.07. The highest BCUT2D eigenvalue weighted by Gasteiger charge is 2.07. The monoisotopic (exact) mass is 328 g/mol. The first kappa shape index (κ1) is 17.2. The number of carbonyl (C=O) groups excluding carboxylic acids is 1. The van der Waals surface area contributed by atoms with Gasteiger partial charge < -0.3 is 9.84 Å². The fourth-order valence-corrected chi connectivity index (χ4v) is 1.93. The van der Waals surface area contributed by atoms with E-state index in [-0.39, 0.29) is 18.9 Å². The molecule has 2 N–H and O–H groups in total. The summed E-state index contributed by atoms with van der Waals surface area (Å²) in [4.78, 5) is 21.9. The van der Waals surface area contributed by atoms with Gasteiger partial charge in [-0.1, -0.05) is 24.3 Å². The highest BCUT2D eigenvalue weighted by Crippen LogP contribution is 2.14. The molecule has 2 aromatic carbocycles. The van der Waals surface area contributed by atoms with Crippen molar-refractivity contribution in [1.29, 1.82) is 0 Å². The zero-order valence-corrected chi connectivity index (χ0v) is 12.7. The van der Waals surface area contributed by atoms with Crippen molar-refractivity contribution in [3.8, 4) is 0 Å². The Bertz CT molecular complexity index is 741. The van der Waals surface area contributed by atoms with Crippen molar-refractivity contribution in [1.82, 2.24) is 0 Å². The van der Waals surface area contributed by atoms with Crippen LogP contribution < -0.4 is 5.32 Å². The molecule has 7 heteroatoms. The van der Waals surface area contributed by atoms with Crippen LogP contribution in [0.5, 0.6) is 0 Å². The molecule has 0 aromatic heterocycles. The second-order valence-electron chi connectivity index (χ2n) is 4.84. The van der Waals surface area contributed by atoms with Crippen molar-refractivity contribution in [3.63, 3.8) is 0 Å². The molecule has 24 heavy (non-hydrogen) atoms. The smallest absolute Gasteiger partial charge is 0.411 e. The number of anilines is 1. The number of rotatable bonds is 6. The van der Waals surface area contributed by atoms with Gasteiger partial charge in [0.15, 0.2) is 0 Å². The molecule has 0 aliphatic heterocycles. The lowest BCUT2D eigenvalue weighted by atomic mass is 10.2. The largest absolute Gasteiger partial charge is 0.444 e. The number of aliphatic hydroxyl groups is 1. The van der Waals surface area contributed by atoms with E-state index in [1.54, 1.807) is 30.4 Å². The van der Waals surface area contributed by atoms with Gasteiger partial charge in [-0.2, -0.15) is 0 Å². The summed E-state index contributed by atoms with van der Waals surface area (Å²) < 4.78 is 5.08. The molecule has 2 rings (SSSR count). The highest BCUT2D eigenvalue weighted by atomic mass is 16.6. The summed E-state index contributed by atoms with van der Waals surface area (Å²) in [7, 11) is 0. The third kappa shape index (κ3) is 5.22. The van der Waals surface area contributed by atoms with Crippen LogP contribution in [0.3, 0.4) is 0 Å². The molecule has 0 saturated carbocycles. The number of hydrogen-bond acceptors (Lipinski definition) is 5. The van der Waals surface area contributed by atoms with E-state index in [4.69, 9.17) is 9.84 Å². The zero-order chi connectivity index (χ0) is 17.4. The van der Waals surface area contributed by atoms with Crippen molar-refractivity contribution in [3.05, 3.63) is 75.8 Å². The SMILES string of the molecule is O=C(Nc1cccc(/C=C/CO)c1)OCc1ccc([N+](=O)[O-])cc1. The molecule has 0 unspecified atom stereocenters. The first-order valence-corrected chi connectivity index (χ1v) is 7.13. The van der Waals surface area contributed by atoms with Crippen LogP contribution in [-0.4, -0.2) is 22.7 Å². The molecule has 2 aromatic rings. The average Bonchev–Trinajstić information content (AvgIpc) is 2.59. The van der Waals surface area contributed by atoms with Crippen LogP contribution in [0.2, 0.25) is 0 Å². The third-order valence-electron chi connectivity index (χ3n) is 3.07. The highest BCUT2D eigenvalue weighted by molar-refractivity contribution is 5.85. The van der Waals surface area contributed by atoms with Gasteiger partial charge in [0.25, 0.3) is 5.69 Å². The summed E-state index contributed by atoms with van der Waals surface area (Å²) in [6.07, 6.45) is 2.69. The molecule has 1 amide bonds. The molecular formula is C17H16N2O5. The maximum Gasteiger partial charge on any atom is 0.411 e. The summed E-state index contributed by atoms with van der Waals surface area (Å²) in [6.45, 7) is -0.0527. The minimum Gasteiger partial charge on any atom is -0.444 e. The van der Waals surface area contributed by atoms with Gasteiger partial charge in [0.05, 0.1) is 11.5 Å². The molecule has 0 aliphatic rings. The number of ether oxygens (including phenoxy) is 1. The second-order valence-corrected chi connectivity index (χ2v) is 4.84. The van der Waals surface area contributed by atoms with Gasteiger partial charge in [-0.25, -0.2) is 4.79 Å². The molecule has 0 fully saturated rings. The summed E-state index contributed by atoms with van der Waals surface area (Å²) >= 11 is 0. The molecule has 124 valence electrons. The Balaban J connectivity index is 1.89. The molecule has 0 radical (unpaired) electrons. The first-order chi connectivity index (χ1) is 11.6. The molecular weight excluding hydrogens is 312 g/mol. The number of nitro benzene ring substituents is 1. The topological polar surface area (TPSA) is 102 Å². The number of aliphatic hydroxyl groups excluding tert-OH is 1. The van der Waals surface area contributed by atoms with E-state index in [2.05, 4.69) is 5.32 Å². The van der Waals surface area contributed by atoms with Crippen molar-refractivity contribution in [2.45, 2.75) is 6.61 Å². The van der Waals surface area contributed by atoms with Crippen molar-refractivity contribution < 1.29 is 19.6 Å². The van der Waals surface area contributed by atoms with E-state index >= 15 is 0 Å². The van der Waals surface area contributed by atoms with Crippen LogP contribution in [0.4, 0.5) is 16.2 Å². The summed E-state index contributed by atoms with van der Waals surface area (Å²) in [6, 6.07) is 12.8. The Hall–Kier alpha value is -3.19. The van der Waals surface area contributed by atoms with Gasteiger partial charge >= 0.3 is 6.09 Å². The van der Waals surface area contributed by atoms with E-state index in [0.29, 0.717) is 11.3 Å². The molecule has 0 saturated heterocycles. The van der Waals surface area contributed by atoms with E-state index in [1.807, 2.05) is 6.07 Å². The maximum absolute atomic E-state index is 11.8. The van der Waals surface area contributed by atoms with Crippen molar-refractivity contribution in [2.75, 3.05) is 11.9 Å². The molecule has 7 nitrogen and oxygen atoms in total. The predicted molar refractivity (Wildman–Crippen MR) is 89.5 cm³/mol. The Morgan fingerprint density at radius 3 is 2.67 bits per heavy atom. The van der Waals surface area contributed by atoms with Crippen LogP contribution in [-0.2, 0) is 11.3 Å². The lowest BCUT2D eigenvalue weighted by Gasteiger charge is -2.07. The Kier molecular flexibility index (Phi) is 6.04. The standard InChI is InChI=1S/C17H16N2O5/c20-10-2-4-13-3-1-5-15(11-13)18-17(21)24-12-14-6-8-16(9-7-14)19(22)23/h1-9,11,20H,10,12H2,(H,18,21)/b4-2+. The number of nitrogens with one attached hydrogen (secondary N) is 1. The van der Waals surface area contributed by atoms with Crippen molar-refractivity contribution in [2.24, 2.45) is 0 Å². The molecule has 0 heterocycles. The van der Waals surface area contributed by atoms with E-state index < -0.39 is 11.0 Å². The van der Waals surface area contributed by atoms with E-state index in [0.717, 1.165) is 5.56 Å². The summed E-state index contributed by atoms with van der Waals surface area (Å²) in [5.41, 5.74) is 2.02. The number of non-ortho nitro benzene ring substituents is 1. The molecule has 0 atom stereocenters. The number of nitrogens with zero attached hydrogens (tertiary/aromatic N) is 1. The average molecular weight is 328 g/mol. The number of nitro groups is 1. The zero-order valence-electron chi connectivity index (χ0n) is 12.7. The van der Waals surface area contributed by atoms with Gasteiger partial charge in [0.2, 0.25) is 0 Å². The van der Waals surface area contributed by atoms with Gasteiger partial charge in [0.1, 0.15) is 6.61 Å². The lowest BCUT2D eigenvalue weighted by molar-refractivity contribution is -0.384. The Labute approximate surface area is 138 Å². The van der Waals surface area contributed by atoms with Crippen LogP contribution in [0.1, 0.15) is 11.1 Å². The van der Waals surface area contributed by atoms with Gasteiger partial charge in [-0.15, -0.1) is 0 Å². The molecule has 0 aliphatic carbocycles. The van der Waals surface area contributed by atoms with Gasteiger partial charge in [-0.05, 0) is 35.4 Å².